The first-order valence-corrected chi connectivity index (χ1v) is 10.5. The lowest BCUT2D eigenvalue weighted by molar-refractivity contribution is -0.122. The van der Waals surface area contributed by atoms with E-state index in [1.165, 1.54) is 16.7 Å². The topological polar surface area (TPSA) is 67.9 Å². The fourth-order valence-corrected chi connectivity index (χ4v) is 4.25. The number of anilines is 1. The van der Waals surface area contributed by atoms with Crippen LogP contribution in [0.25, 0.3) is 6.08 Å². The minimum atomic E-state index is -0.205. The number of ether oxygens (including phenoxy) is 2. The molecule has 0 aliphatic carbocycles. The quantitative estimate of drug-likeness (QED) is 0.511. The lowest BCUT2D eigenvalue weighted by Crippen LogP contribution is -2.31. The number of carbonyl (C=O) groups is 2. The standard InChI is InChI=1S/C22H22N2O4S2/c1-14-5-4-6-16(11-14)23-20(25)9-10-24-21(26)19(30-22(24)29)13-15-7-8-17(27-2)18(12-15)28-3/h4-8,11-13H,9-10H2,1-3H3,(H,23,25). The van der Waals surface area contributed by atoms with Crippen molar-refractivity contribution >= 4 is 51.9 Å². The number of amides is 2. The fourth-order valence-electron chi connectivity index (χ4n) is 2.95. The molecule has 0 unspecified atom stereocenters. The summed E-state index contributed by atoms with van der Waals surface area (Å²) >= 11 is 6.57. The van der Waals surface area contributed by atoms with Crippen LogP contribution < -0.4 is 14.8 Å². The molecule has 2 aromatic carbocycles. The molecule has 1 heterocycles. The first-order valence-electron chi connectivity index (χ1n) is 9.25. The summed E-state index contributed by atoms with van der Waals surface area (Å²) in [6.07, 6.45) is 1.91. The Bertz CT molecular complexity index is 1020. The van der Waals surface area contributed by atoms with Gasteiger partial charge in [-0.3, -0.25) is 14.5 Å². The molecule has 1 saturated heterocycles. The van der Waals surface area contributed by atoms with Gasteiger partial charge in [-0.1, -0.05) is 42.2 Å². The number of hydrogen-bond donors (Lipinski definition) is 1. The van der Waals surface area contributed by atoms with Crippen molar-refractivity contribution in [2.45, 2.75) is 13.3 Å². The Morgan fingerprint density at radius 2 is 1.93 bits per heavy atom. The van der Waals surface area contributed by atoms with Crippen molar-refractivity contribution in [3.05, 3.63) is 58.5 Å². The van der Waals surface area contributed by atoms with Gasteiger partial charge in [0.2, 0.25) is 5.91 Å². The lowest BCUT2D eigenvalue weighted by atomic mass is 10.2. The van der Waals surface area contributed by atoms with Crippen molar-refractivity contribution < 1.29 is 19.1 Å². The smallest absolute Gasteiger partial charge is 0.266 e. The molecule has 1 fully saturated rings. The van der Waals surface area contributed by atoms with Gasteiger partial charge in [-0.2, -0.15) is 0 Å². The summed E-state index contributed by atoms with van der Waals surface area (Å²) in [5.41, 5.74) is 2.59. The number of benzene rings is 2. The van der Waals surface area contributed by atoms with Gasteiger partial charge in [-0.05, 0) is 48.4 Å². The third kappa shape index (κ3) is 5.20. The maximum Gasteiger partial charge on any atom is 0.266 e. The number of carbonyl (C=O) groups excluding carboxylic acids is 2. The van der Waals surface area contributed by atoms with E-state index in [1.807, 2.05) is 37.3 Å². The molecule has 0 atom stereocenters. The Kier molecular flexibility index (Phi) is 7.12. The van der Waals surface area contributed by atoms with Crippen molar-refractivity contribution in [1.29, 1.82) is 0 Å². The number of nitrogens with zero attached hydrogens (tertiary/aromatic N) is 1. The second-order valence-electron chi connectivity index (χ2n) is 6.62. The summed E-state index contributed by atoms with van der Waals surface area (Å²) in [6, 6.07) is 13.0. The van der Waals surface area contributed by atoms with Gasteiger partial charge >= 0.3 is 0 Å². The van der Waals surface area contributed by atoms with E-state index >= 15 is 0 Å². The molecule has 2 amide bonds. The molecule has 8 heteroatoms. The highest BCUT2D eigenvalue weighted by Gasteiger charge is 2.32. The Morgan fingerprint density at radius 3 is 2.63 bits per heavy atom. The number of rotatable bonds is 7. The van der Waals surface area contributed by atoms with Crippen LogP contribution in [0.2, 0.25) is 0 Å². The Morgan fingerprint density at radius 1 is 1.17 bits per heavy atom. The fraction of sp³-hybridized carbons (Fsp3) is 0.227. The first-order chi connectivity index (χ1) is 14.4. The molecule has 6 nitrogen and oxygen atoms in total. The zero-order valence-electron chi connectivity index (χ0n) is 16.9. The molecule has 3 rings (SSSR count). The van der Waals surface area contributed by atoms with Crippen LogP contribution in [0.3, 0.4) is 0 Å². The molecular weight excluding hydrogens is 420 g/mol. The number of thiocarbonyl (C=S) groups is 1. The van der Waals surface area contributed by atoms with E-state index in [1.54, 1.807) is 32.4 Å². The van der Waals surface area contributed by atoms with E-state index in [9.17, 15) is 9.59 Å². The number of nitrogens with one attached hydrogen (secondary N) is 1. The minimum absolute atomic E-state index is 0.157. The lowest BCUT2D eigenvalue weighted by Gasteiger charge is -2.14. The van der Waals surface area contributed by atoms with Gasteiger partial charge < -0.3 is 14.8 Å². The Labute approximate surface area is 185 Å². The second kappa shape index (κ2) is 9.77. The zero-order chi connectivity index (χ0) is 21.7. The molecule has 2 aromatic rings. The average Bonchev–Trinajstić information content (AvgIpc) is 2.99. The molecule has 0 bridgehead atoms. The van der Waals surface area contributed by atoms with E-state index < -0.39 is 0 Å². The van der Waals surface area contributed by atoms with E-state index in [0.717, 1.165) is 16.8 Å². The van der Waals surface area contributed by atoms with Crippen molar-refractivity contribution in [3.63, 3.8) is 0 Å². The predicted octanol–water partition coefficient (Wildman–Crippen LogP) is 4.24. The van der Waals surface area contributed by atoms with Crippen molar-refractivity contribution in [3.8, 4) is 11.5 Å². The molecule has 0 aromatic heterocycles. The van der Waals surface area contributed by atoms with Gasteiger partial charge in [0, 0.05) is 18.7 Å². The zero-order valence-corrected chi connectivity index (χ0v) is 18.6. The second-order valence-corrected chi connectivity index (χ2v) is 8.29. The van der Waals surface area contributed by atoms with Crippen LogP contribution in [0.5, 0.6) is 11.5 Å². The van der Waals surface area contributed by atoms with Crippen LogP contribution in [0.4, 0.5) is 5.69 Å². The van der Waals surface area contributed by atoms with Crippen LogP contribution >= 0.6 is 24.0 Å². The van der Waals surface area contributed by atoms with Crippen LogP contribution in [0.1, 0.15) is 17.5 Å². The van der Waals surface area contributed by atoms with Crippen LogP contribution in [0.15, 0.2) is 47.4 Å². The molecule has 1 aliphatic heterocycles. The predicted molar refractivity (Wildman–Crippen MR) is 124 cm³/mol. The third-order valence-electron chi connectivity index (χ3n) is 4.44. The summed E-state index contributed by atoms with van der Waals surface area (Å²) < 4.78 is 11.0. The maximum atomic E-state index is 12.8. The Hall–Kier alpha value is -2.84. The van der Waals surface area contributed by atoms with Gasteiger partial charge in [0.05, 0.1) is 19.1 Å². The third-order valence-corrected chi connectivity index (χ3v) is 5.82. The van der Waals surface area contributed by atoms with Crippen LogP contribution in [0, 0.1) is 6.92 Å². The van der Waals surface area contributed by atoms with Gasteiger partial charge in [-0.25, -0.2) is 0 Å². The van der Waals surface area contributed by atoms with E-state index in [0.29, 0.717) is 20.7 Å². The van der Waals surface area contributed by atoms with E-state index in [-0.39, 0.29) is 24.8 Å². The van der Waals surface area contributed by atoms with Gasteiger partial charge in [0.1, 0.15) is 4.32 Å². The molecule has 156 valence electrons. The SMILES string of the molecule is COc1ccc(C=C2SC(=S)N(CCC(=O)Nc3cccc(C)c3)C2=O)cc1OC. The highest BCUT2D eigenvalue weighted by atomic mass is 32.2. The largest absolute Gasteiger partial charge is 0.493 e. The van der Waals surface area contributed by atoms with Crippen molar-refractivity contribution in [2.75, 3.05) is 26.1 Å². The normalized spacial score (nSPS) is 14.9. The Balaban J connectivity index is 1.64. The molecule has 0 radical (unpaired) electrons. The van der Waals surface area contributed by atoms with Gasteiger partial charge in [0.15, 0.2) is 11.5 Å². The van der Waals surface area contributed by atoms with Gasteiger partial charge in [-0.15, -0.1) is 0 Å². The molecular formula is C22H22N2O4S2. The first kappa shape index (κ1) is 21.9. The summed E-state index contributed by atoms with van der Waals surface area (Å²) in [6.45, 7) is 2.19. The van der Waals surface area contributed by atoms with E-state index in [2.05, 4.69) is 5.32 Å². The molecule has 1 aliphatic rings. The number of aryl methyl sites for hydroxylation is 1. The monoisotopic (exact) mass is 442 g/mol. The highest BCUT2D eigenvalue weighted by Crippen LogP contribution is 2.34. The number of thioether (sulfide) groups is 1. The average molecular weight is 443 g/mol. The minimum Gasteiger partial charge on any atom is -0.493 e. The maximum absolute atomic E-state index is 12.8. The highest BCUT2D eigenvalue weighted by molar-refractivity contribution is 8.26. The number of hydrogen-bond acceptors (Lipinski definition) is 6. The van der Waals surface area contributed by atoms with Crippen LogP contribution in [-0.2, 0) is 9.59 Å². The van der Waals surface area contributed by atoms with Crippen molar-refractivity contribution in [2.24, 2.45) is 0 Å². The van der Waals surface area contributed by atoms with Crippen LogP contribution in [-0.4, -0.2) is 41.8 Å². The summed E-state index contributed by atoms with van der Waals surface area (Å²) in [4.78, 5) is 27.0. The molecule has 1 N–H and O–H groups in total. The molecule has 0 saturated carbocycles. The number of methoxy groups -OCH3 is 2. The summed E-state index contributed by atoms with van der Waals surface area (Å²) in [5, 5.41) is 2.84. The summed E-state index contributed by atoms with van der Waals surface area (Å²) in [5.74, 6) is 0.818. The summed E-state index contributed by atoms with van der Waals surface area (Å²) in [7, 11) is 3.13. The van der Waals surface area contributed by atoms with E-state index in [4.69, 9.17) is 21.7 Å². The molecule has 30 heavy (non-hydrogen) atoms. The molecule has 0 spiro atoms. The van der Waals surface area contributed by atoms with Crippen molar-refractivity contribution in [1.82, 2.24) is 4.90 Å². The van der Waals surface area contributed by atoms with Gasteiger partial charge in [0.25, 0.3) is 5.91 Å².